The number of hydrogen-bond acceptors (Lipinski definition) is 1. The summed E-state index contributed by atoms with van der Waals surface area (Å²) in [5.41, 5.74) is 2.66. The highest BCUT2D eigenvalue weighted by molar-refractivity contribution is 7.95. The Labute approximate surface area is 192 Å². The molecule has 1 unspecified atom stereocenters. The van der Waals surface area contributed by atoms with Gasteiger partial charge in [-0.3, -0.25) is 0 Å². The summed E-state index contributed by atoms with van der Waals surface area (Å²) in [4.78, 5) is 0. The fourth-order valence-electron chi connectivity index (χ4n) is 4.30. The van der Waals surface area contributed by atoms with Gasteiger partial charge in [0.05, 0.1) is 12.2 Å². The minimum absolute atomic E-state index is 0.0995. The zero-order chi connectivity index (χ0) is 22.2. The van der Waals surface area contributed by atoms with Crippen molar-refractivity contribution in [2.75, 3.05) is 0 Å². The molecule has 0 aliphatic heterocycles. The molecule has 0 fully saturated rings. The third-order valence-electron chi connectivity index (χ3n) is 6.12. The summed E-state index contributed by atoms with van der Waals surface area (Å²) in [7, 11) is -1.87. The molecule has 0 saturated heterocycles. The maximum absolute atomic E-state index is 9.06. The molecule has 4 aromatic carbocycles. The van der Waals surface area contributed by atoms with Gasteiger partial charge < -0.3 is 0 Å². The van der Waals surface area contributed by atoms with Crippen molar-refractivity contribution in [2.45, 2.75) is 25.9 Å². The van der Waals surface area contributed by atoms with Crippen LogP contribution in [0.5, 0.6) is 0 Å². The molecule has 0 radical (unpaired) electrons. The quantitative estimate of drug-likeness (QED) is 0.300. The average molecular weight is 435 g/mol. The lowest BCUT2D eigenvalue weighted by Crippen LogP contribution is -2.32. The van der Waals surface area contributed by atoms with Crippen molar-refractivity contribution in [3.05, 3.63) is 126 Å². The van der Waals surface area contributed by atoms with E-state index in [0.717, 1.165) is 19.0 Å². The molecule has 0 amide bonds. The van der Waals surface area contributed by atoms with Gasteiger partial charge in [0.2, 0.25) is 0 Å². The van der Waals surface area contributed by atoms with E-state index in [1.54, 1.807) is 0 Å². The van der Waals surface area contributed by atoms with Crippen LogP contribution in [0.2, 0.25) is 0 Å². The van der Waals surface area contributed by atoms with Crippen LogP contribution in [0.3, 0.4) is 0 Å². The van der Waals surface area contributed by atoms with Crippen molar-refractivity contribution in [3.63, 3.8) is 0 Å². The van der Waals surface area contributed by atoms with Crippen molar-refractivity contribution < 1.29 is 0 Å². The first kappa shape index (κ1) is 22.0. The molecule has 0 saturated carbocycles. The second-order valence-electron chi connectivity index (χ2n) is 8.36. The highest BCUT2D eigenvalue weighted by atomic mass is 31.2. The van der Waals surface area contributed by atoms with Gasteiger partial charge >= 0.3 is 0 Å². The van der Waals surface area contributed by atoms with Crippen LogP contribution in [0.25, 0.3) is 0 Å². The first-order chi connectivity index (χ1) is 15.7. The number of aryl methyl sites for hydroxylation is 1. The maximum atomic E-state index is 9.06. The van der Waals surface area contributed by atoms with Crippen LogP contribution >= 0.6 is 7.26 Å². The van der Waals surface area contributed by atoms with Gasteiger partial charge in [0.15, 0.2) is 0 Å². The number of benzene rings is 4. The van der Waals surface area contributed by atoms with Crippen molar-refractivity contribution >= 4 is 23.2 Å². The Bertz CT molecular complexity index is 1050. The summed E-state index contributed by atoms with van der Waals surface area (Å²) in [6.45, 7) is 1.99. The first-order valence-corrected chi connectivity index (χ1v) is 13.2. The summed E-state index contributed by atoms with van der Waals surface area (Å²) in [6.07, 6.45) is 2.84. The molecular weight excluding hydrogens is 405 g/mol. The first-order valence-electron chi connectivity index (χ1n) is 11.2. The molecule has 0 spiro atoms. The molecular formula is C30H29NP+. The summed E-state index contributed by atoms with van der Waals surface area (Å²) in [6, 6.07) is 44.5. The van der Waals surface area contributed by atoms with E-state index in [1.165, 1.54) is 27.0 Å². The summed E-state index contributed by atoms with van der Waals surface area (Å²) >= 11 is 0. The monoisotopic (exact) mass is 434 g/mol. The predicted octanol–water partition coefficient (Wildman–Crippen LogP) is 6.27. The summed E-state index contributed by atoms with van der Waals surface area (Å²) < 4.78 is 0. The van der Waals surface area contributed by atoms with Gasteiger partial charge in [-0.05, 0) is 67.3 Å². The molecule has 0 N–H and O–H groups in total. The Morgan fingerprint density at radius 1 is 0.625 bits per heavy atom. The van der Waals surface area contributed by atoms with Crippen LogP contribution in [0.1, 0.15) is 24.5 Å². The number of nitrogens with zero attached hydrogens (tertiary/aromatic N) is 1. The van der Waals surface area contributed by atoms with Crippen LogP contribution in [0.15, 0.2) is 115 Å². The molecule has 32 heavy (non-hydrogen) atoms. The van der Waals surface area contributed by atoms with Crippen LogP contribution in [-0.4, -0.2) is 0 Å². The Morgan fingerprint density at radius 2 is 1.03 bits per heavy atom. The molecule has 1 nitrogen and oxygen atoms in total. The van der Waals surface area contributed by atoms with Gasteiger partial charge in [0, 0.05) is 5.92 Å². The highest BCUT2D eigenvalue weighted by Gasteiger charge is 2.45. The fourth-order valence-corrected chi connectivity index (χ4v) is 8.55. The zero-order valence-corrected chi connectivity index (χ0v) is 19.5. The second-order valence-corrected chi connectivity index (χ2v) is 11.8. The molecule has 0 aliphatic carbocycles. The lowest BCUT2D eigenvalue weighted by molar-refractivity contribution is 0.660. The van der Waals surface area contributed by atoms with E-state index in [1.807, 2.05) is 6.92 Å². The Kier molecular flexibility index (Phi) is 7.16. The zero-order valence-electron chi connectivity index (χ0n) is 18.6. The maximum Gasteiger partial charge on any atom is 0.116 e. The molecule has 1 atom stereocenters. The largest absolute Gasteiger partial charge is 0.198 e. The minimum atomic E-state index is -1.87. The van der Waals surface area contributed by atoms with Crippen molar-refractivity contribution in [3.8, 4) is 6.07 Å². The molecule has 0 aliphatic rings. The van der Waals surface area contributed by atoms with Gasteiger partial charge in [-0.25, -0.2) is 0 Å². The van der Waals surface area contributed by atoms with Crippen molar-refractivity contribution in [1.29, 1.82) is 5.26 Å². The molecule has 4 rings (SSSR count). The van der Waals surface area contributed by atoms with E-state index in [9.17, 15) is 0 Å². The lowest BCUT2D eigenvalue weighted by Gasteiger charge is -2.28. The third-order valence-corrected chi connectivity index (χ3v) is 10.5. The molecule has 2 heteroatoms. The third kappa shape index (κ3) is 4.83. The van der Waals surface area contributed by atoms with Crippen molar-refractivity contribution in [2.24, 2.45) is 5.92 Å². The van der Waals surface area contributed by atoms with E-state index in [0.29, 0.717) is 0 Å². The molecule has 0 heterocycles. The second kappa shape index (κ2) is 10.4. The standard InChI is InChI=1S/C30H29NP/c1-25(23-31)17-18-26-19-21-27(22-20-26)24-32(28-11-5-2-6-12-28,29-13-7-3-8-14-29)30-15-9-4-10-16-30/h2-16,19-22,25H,17-18,24H2,1H3/q+1. The summed E-state index contributed by atoms with van der Waals surface area (Å²) in [5.74, 6) is 0.0995. The van der Waals surface area contributed by atoms with E-state index in [-0.39, 0.29) is 5.92 Å². The Morgan fingerprint density at radius 3 is 1.44 bits per heavy atom. The topological polar surface area (TPSA) is 23.8 Å². The number of rotatable bonds is 8. The van der Waals surface area contributed by atoms with Gasteiger partial charge in [-0.2, -0.15) is 5.26 Å². The van der Waals surface area contributed by atoms with Crippen molar-refractivity contribution in [1.82, 2.24) is 0 Å². The number of hydrogen-bond donors (Lipinski definition) is 0. The lowest BCUT2D eigenvalue weighted by atomic mass is 10.0. The Balaban J connectivity index is 1.78. The SMILES string of the molecule is CC(C#N)CCc1ccc(C[P+](c2ccccc2)(c2ccccc2)c2ccccc2)cc1. The molecule has 0 bridgehead atoms. The molecule has 0 aromatic heterocycles. The highest BCUT2D eigenvalue weighted by Crippen LogP contribution is 2.58. The van der Waals surface area contributed by atoms with Crippen LogP contribution in [-0.2, 0) is 12.6 Å². The normalized spacial score (nSPS) is 12.1. The predicted molar refractivity (Wildman–Crippen MR) is 138 cm³/mol. The van der Waals surface area contributed by atoms with Gasteiger partial charge in [-0.1, -0.05) is 78.9 Å². The number of nitriles is 1. The van der Waals surface area contributed by atoms with E-state index < -0.39 is 7.26 Å². The Hall–Kier alpha value is -3.20. The van der Waals surface area contributed by atoms with Gasteiger partial charge in [0.1, 0.15) is 23.2 Å². The van der Waals surface area contributed by atoms with Gasteiger partial charge in [0.25, 0.3) is 0 Å². The van der Waals surface area contributed by atoms with Crippen LogP contribution in [0, 0.1) is 17.2 Å². The minimum Gasteiger partial charge on any atom is -0.198 e. The van der Waals surface area contributed by atoms with E-state index in [4.69, 9.17) is 5.26 Å². The van der Waals surface area contributed by atoms with Crippen LogP contribution in [0.4, 0.5) is 0 Å². The molecule has 4 aromatic rings. The van der Waals surface area contributed by atoms with Crippen LogP contribution < -0.4 is 15.9 Å². The molecule has 158 valence electrons. The van der Waals surface area contributed by atoms with Gasteiger partial charge in [-0.15, -0.1) is 0 Å². The summed E-state index contributed by atoms with van der Waals surface area (Å²) in [5, 5.41) is 13.3. The van der Waals surface area contributed by atoms with E-state index >= 15 is 0 Å². The smallest absolute Gasteiger partial charge is 0.116 e. The fraction of sp³-hybridized carbons (Fsp3) is 0.167. The average Bonchev–Trinajstić information content (AvgIpc) is 2.88. The van der Waals surface area contributed by atoms with E-state index in [2.05, 4.69) is 121 Å².